The third-order valence-corrected chi connectivity index (χ3v) is 4.77. The van der Waals surface area contributed by atoms with Crippen molar-refractivity contribution in [2.45, 2.75) is 40.0 Å². The van der Waals surface area contributed by atoms with Crippen molar-refractivity contribution in [1.29, 1.82) is 0 Å². The van der Waals surface area contributed by atoms with Crippen molar-refractivity contribution >= 4 is 17.5 Å². The number of anilines is 1. The topological polar surface area (TPSA) is 62.3 Å². The van der Waals surface area contributed by atoms with Gasteiger partial charge in [0, 0.05) is 31.7 Å². The van der Waals surface area contributed by atoms with Gasteiger partial charge in [-0.2, -0.15) is 0 Å². The van der Waals surface area contributed by atoms with Gasteiger partial charge in [0.15, 0.2) is 0 Å². The lowest BCUT2D eigenvalue weighted by molar-refractivity contribution is -0.145. The minimum absolute atomic E-state index is 0.198. The number of benzene rings is 1. The Labute approximate surface area is 161 Å². The Kier molecular flexibility index (Phi) is 6.72. The number of nitrogens with zero attached hydrogens (tertiary/aromatic N) is 2. The quantitative estimate of drug-likeness (QED) is 0.756. The monoisotopic (exact) mass is 367 g/mol. The second-order valence-corrected chi connectivity index (χ2v) is 7.65. The zero-order valence-corrected chi connectivity index (χ0v) is 16.8. The Balaban J connectivity index is 2.05. The molecule has 1 N–H and O–H groups in total. The predicted octanol–water partition coefficient (Wildman–Crippen LogP) is 3.87. The summed E-state index contributed by atoms with van der Waals surface area (Å²) < 4.78 is 0. The van der Waals surface area contributed by atoms with E-state index in [0.29, 0.717) is 6.54 Å². The first-order valence-electron chi connectivity index (χ1n) is 9.28. The number of rotatable bonds is 7. The summed E-state index contributed by atoms with van der Waals surface area (Å²) in [5.41, 5.74) is 1.77. The Morgan fingerprint density at radius 1 is 1.11 bits per heavy atom. The van der Waals surface area contributed by atoms with Crippen LogP contribution in [0.3, 0.4) is 0 Å². The summed E-state index contributed by atoms with van der Waals surface area (Å²) in [7, 11) is 1.74. The van der Waals surface area contributed by atoms with Gasteiger partial charge in [-0.1, -0.05) is 32.0 Å². The van der Waals surface area contributed by atoms with E-state index in [0.717, 1.165) is 23.2 Å². The van der Waals surface area contributed by atoms with E-state index in [2.05, 4.69) is 24.1 Å². The smallest absolute Gasteiger partial charge is 0.239 e. The molecule has 144 valence electrons. The lowest BCUT2D eigenvalue weighted by atomic mass is 9.89. The van der Waals surface area contributed by atoms with Gasteiger partial charge >= 0.3 is 0 Å². The molecule has 5 nitrogen and oxygen atoms in total. The number of amides is 2. The average Bonchev–Trinajstić information content (AvgIpc) is 2.66. The molecule has 0 atom stereocenters. The molecule has 2 rings (SSSR count). The Bertz CT molecular complexity index is 785. The van der Waals surface area contributed by atoms with Crippen LogP contribution < -0.4 is 5.32 Å². The SMILES string of the molecule is CC(C)c1ccccc1NC(=O)C(C)(C)C(=O)N(C)CCc1ccncc1. The first-order chi connectivity index (χ1) is 12.7. The fraction of sp³-hybridized carbons (Fsp3) is 0.409. The number of carbonyl (C=O) groups is 2. The van der Waals surface area contributed by atoms with Crippen LogP contribution in [-0.2, 0) is 16.0 Å². The fourth-order valence-electron chi connectivity index (χ4n) is 2.91. The minimum Gasteiger partial charge on any atom is -0.345 e. The first kappa shape index (κ1) is 20.6. The van der Waals surface area contributed by atoms with Crippen molar-refractivity contribution in [3.63, 3.8) is 0 Å². The van der Waals surface area contributed by atoms with Crippen LogP contribution in [0.15, 0.2) is 48.8 Å². The molecule has 0 saturated carbocycles. The second kappa shape index (κ2) is 8.80. The average molecular weight is 367 g/mol. The summed E-state index contributed by atoms with van der Waals surface area (Å²) in [6, 6.07) is 11.6. The molecular weight excluding hydrogens is 338 g/mol. The number of nitrogens with one attached hydrogen (secondary N) is 1. The highest BCUT2D eigenvalue weighted by Gasteiger charge is 2.38. The normalized spacial score (nSPS) is 11.3. The van der Waals surface area contributed by atoms with E-state index in [1.165, 1.54) is 0 Å². The molecule has 0 spiro atoms. The number of hydrogen-bond donors (Lipinski definition) is 1. The summed E-state index contributed by atoms with van der Waals surface area (Å²) >= 11 is 0. The molecule has 0 bridgehead atoms. The van der Waals surface area contributed by atoms with Gasteiger partial charge < -0.3 is 10.2 Å². The van der Waals surface area contributed by atoms with E-state index in [9.17, 15) is 9.59 Å². The minimum atomic E-state index is -1.16. The zero-order valence-electron chi connectivity index (χ0n) is 16.8. The summed E-state index contributed by atoms with van der Waals surface area (Å²) in [5.74, 6) is -0.212. The number of hydrogen-bond acceptors (Lipinski definition) is 3. The number of para-hydroxylation sites is 1. The number of aromatic nitrogens is 1. The lowest BCUT2D eigenvalue weighted by Gasteiger charge is -2.29. The van der Waals surface area contributed by atoms with E-state index in [-0.39, 0.29) is 17.7 Å². The van der Waals surface area contributed by atoms with E-state index >= 15 is 0 Å². The number of likely N-dealkylation sites (N-methyl/N-ethyl adjacent to an activating group) is 1. The molecule has 0 saturated heterocycles. The van der Waals surface area contributed by atoms with Crippen molar-refractivity contribution in [3.8, 4) is 0 Å². The second-order valence-electron chi connectivity index (χ2n) is 7.65. The van der Waals surface area contributed by atoms with Crippen LogP contribution in [0.2, 0.25) is 0 Å². The van der Waals surface area contributed by atoms with Gasteiger partial charge in [-0.3, -0.25) is 14.6 Å². The standard InChI is InChI=1S/C22H29N3O2/c1-16(2)18-8-6-7-9-19(18)24-20(26)22(3,4)21(27)25(5)15-12-17-10-13-23-14-11-17/h6-11,13-14,16H,12,15H2,1-5H3,(H,24,26). The molecule has 27 heavy (non-hydrogen) atoms. The van der Waals surface area contributed by atoms with E-state index in [4.69, 9.17) is 0 Å². The number of carbonyl (C=O) groups excluding carboxylic acids is 2. The molecule has 1 heterocycles. The van der Waals surface area contributed by atoms with E-state index in [1.807, 2.05) is 36.4 Å². The maximum absolute atomic E-state index is 12.9. The number of pyridine rings is 1. The first-order valence-corrected chi connectivity index (χ1v) is 9.28. The third-order valence-electron chi connectivity index (χ3n) is 4.77. The van der Waals surface area contributed by atoms with Crippen molar-refractivity contribution in [3.05, 3.63) is 59.9 Å². The predicted molar refractivity (Wildman–Crippen MR) is 109 cm³/mol. The largest absolute Gasteiger partial charge is 0.345 e. The fourth-order valence-corrected chi connectivity index (χ4v) is 2.91. The molecule has 0 aliphatic carbocycles. The molecule has 0 fully saturated rings. The molecule has 2 aromatic rings. The third kappa shape index (κ3) is 5.16. The Hall–Kier alpha value is -2.69. The van der Waals surface area contributed by atoms with Gasteiger partial charge in [-0.15, -0.1) is 0 Å². The van der Waals surface area contributed by atoms with Gasteiger partial charge in [0.2, 0.25) is 11.8 Å². The highest BCUT2D eigenvalue weighted by molar-refractivity contribution is 6.10. The molecule has 0 unspecified atom stereocenters. The molecule has 2 amide bonds. The molecule has 0 aliphatic heterocycles. The molecular formula is C22H29N3O2. The van der Waals surface area contributed by atoms with Crippen LogP contribution in [0.4, 0.5) is 5.69 Å². The summed E-state index contributed by atoms with van der Waals surface area (Å²) in [6.45, 7) is 8.04. The molecule has 5 heteroatoms. The summed E-state index contributed by atoms with van der Waals surface area (Å²) in [6.07, 6.45) is 4.19. The Morgan fingerprint density at radius 2 is 1.74 bits per heavy atom. The van der Waals surface area contributed by atoms with Gasteiger partial charge in [-0.25, -0.2) is 0 Å². The van der Waals surface area contributed by atoms with Crippen molar-refractivity contribution < 1.29 is 9.59 Å². The van der Waals surface area contributed by atoms with E-state index < -0.39 is 5.41 Å². The van der Waals surface area contributed by atoms with Crippen molar-refractivity contribution in [2.24, 2.45) is 5.41 Å². The Morgan fingerprint density at radius 3 is 2.37 bits per heavy atom. The van der Waals surface area contributed by atoms with Crippen LogP contribution in [-0.4, -0.2) is 35.3 Å². The molecule has 0 aliphatic rings. The van der Waals surface area contributed by atoms with Gasteiger partial charge in [0.05, 0.1) is 0 Å². The maximum Gasteiger partial charge on any atom is 0.239 e. The zero-order chi connectivity index (χ0) is 20.0. The molecule has 1 aromatic heterocycles. The summed E-state index contributed by atoms with van der Waals surface area (Å²) in [5, 5.41) is 2.95. The molecule has 0 radical (unpaired) electrons. The van der Waals surface area contributed by atoms with Crippen molar-refractivity contribution in [2.75, 3.05) is 18.9 Å². The van der Waals surface area contributed by atoms with Crippen LogP contribution in [0, 0.1) is 5.41 Å². The van der Waals surface area contributed by atoms with Crippen LogP contribution in [0.1, 0.15) is 44.7 Å². The van der Waals surface area contributed by atoms with Crippen LogP contribution in [0.25, 0.3) is 0 Å². The van der Waals surface area contributed by atoms with Gasteiger partial charge in [0.1, 0.15) is 5.41 Å². The molecule has 1 aromatic carbocycles. The van der Waals surface area contributed by atoms with Gasteiger partial charge in [0.25, 0.3) is 0 Å². The van der Waals surface area contributed by atoms with E-state index in [1.54, 1.807) is 38.2 Å². The maximum atomic E-state index is 12.9. The van der Waals surface area contributed by atoms with Crippen LogP contribution in [0.5, 0.6) is 0 Å². The lowest BCUT2D eigenvalue weighted by Crippen LogP contribution is -2.46. The van der Waals surface area contributed by atoms with Crippen LogP contribution >= 0.6 is 0 Å². The highest BCUT2D eigenvalue weighted by Crippen LogP contribution is 2.27. The van der Waals surface area contributed by atoms with Gasteiger partial charge in [-0.05, 0) is 55.5 Å². The highest BCUT2D eigenvalue weighted by atomic mass is 16.2. The summed E-state index contributed by atoms with van der Waals surface area (Å²) in [4.78, 5) is 31.4. The van der Waals surface area contributed by atoms with Crippen molar-refractivity contribution in [1.82, 2.24) is 9.88 Å².